The van der Waals surface area contributed by atoms with Crippen molar-refractivity contribution in [2.75, 3.05) is 18.0 Å². The Morgan fingerprint density at radius 3 is 2.33 bits per heavy atom. The van der Waals surface area contributed by atoms with Crippen LogP contribution in [0.4, 0.5) is 16.2 Å². The van der Waals surface area contributed by atoms with Crippen LogP contribution in [-0.4, -0.2) is 40.8 Å². The van der Waals surface area contributed by atoms with Crippen LogP contribution < -0.4 is 10.2 Å². The average Bonchev–Trinajstić information content (AvgIpc) is 2.97. The molecule has 2 aromatic carbocycles. The van der Waals surface area contributed by atoms with Crippen molar-refractivity contribution in [2.45, 2.75) is 32.7 Å². The summed E-state index contributed by atoms with van der Waals surface area (Å²) in [5, 5.41) is 22.5. The number of nitrogens with one attached hydrogen (secondary N) is 1. The number of rotatable bonds is 7. The quantitative estimate of drug-likeness (QED) is 0.392. The fourth-order valence-electron chi connectivity index (χ4n) is 3.84. The highest BCUT2D eigenvalue weighted by molar-refractivity contribution is 6.10. The summed E-state index contributed by atoms with van der Waals surface area (Å²) in [6.07, 6.45) is 0.0827. The maximum atomic E-state index is 13.2. The van der Waals surface area contributed by atoms with Gasteiger partial charge in [-0.05, 0) is 61.7 Å². The molecule has 3 rings (SSSR count). The molecule has 170 valence electrons. The summed E-state index contributed by atoms with van der Waals surface area (Å²) in [4.78, 5) is 51.5. The highest BCUT2D eigenvalue weighted by Crippen LogP contribution is 2.30. The van der Waals surface area contributed by atoms with Crippen molar-refractivity contribution in [1.82, 2.24) is 10.2 Å². The van der Waals surface area contributed by atoms with Gasteiger partial charge in [-0.15, -0.1) is 0 Å². The van der Waals surface area contributed by atoms with Crippen LogP contribution in [0.5, 0.6) is 0 Å². The molecule has 10 heteroatoms. The van der Waals surface area contributed by atoms with Crippen molar-refractivity contribution < 1.29 is 19.3 Å². The van der Waals surface area contributed by atoms with E-state index in [9.17, 15) is 24.5 Å². The normalized spacial score (nSPS) is 17.5. The molecule has 10 nitrogen and oxygen atoms in total. The molecule has 2 aromatic rings. The lowest BCUT2D eigenvalue weighted by Gasteiger charge is -2.25. The lowest BCUT2D eigenvalue weighted by atomic mass is 9.92. The zero-order valence-electron chi connectivity index (χ0n) is 18.5. The Labute approximate surface area is 190 Å². The molecular formula is C23H23N5O5. The van der Waals surface area contributed by atoms with Gasteiger partial charge in [0.05, 0.1) is 17.4 Å². The van der Waals surface area contributed by atoms with Gasteiger partial charge in [0.25, 0.3) is 11.6 Å². The molecule has 1 atom stereocenters. The Balaban J connectivity index is 1.85. The van der Waals surface area contributed by atoms with Crippen molar-refractivity contribution >= 4 is 29.2 Å². The molecule has 1 fully saturated rings. The van der Waals surface area contributed by atoms with Crippen LogP contribution in [0.2, 0.25) is 0 Å². The number of hydrogen-bond acceptors (Lipinski definition) is 6. The van der Waals surface area contributed by atoms with E-state index in [4.69, 9.17) is 5.26 Å². The van der Waals surface area contributed by atoms with Crippen LogP contribution in [0.1, 0.15) is 30.0 Å². The number of hydrogen-bond donors (Lipinski definition) is 1. The molecule has 0 saturated carbocycles. The van der Waals surface area contributed by atoms with Crippen molar-refractivity contribution in [3.63, 3.8) is 0 Å². The number of carbonyl (C=O) groups excluding carboxylic acids is 3. The Hall–Kier alpha value is -4.26. The van der Waals surface area contributed by atoms with Crippen LogP contribution in [0.15, 0.2) is 42.5 Å². The van der Waals surface area contributed by atoms with Crippen LogP contribution >= 0.6 is 0 Å². The highest BCUT2D eigenvalue weighted by atomic mass is 16.6. The van der Waals surface area contributed by atoms with Gasteiger partial charge in [-0.25, -0.2) is 4.79 Å². The number of aryl methyl sites for hydroxylation is 2. The number of carbonyl (C=O) groups is 3. The minimum Gasteiger partial charge on any atom is -0.319 e. The van der Waals surface area contributed by atoms with Crippen LogP contribution in [-0.2, 0) is 15.1 Å². The topological polar surface area (TPSA) is 137 Å². The summed E-state index contributed by atoms with van der Waals surface area (Å²) >= 11 is 0. The second-order valence-corrected chi connectivity index (χ2v) is 8.05. The van der Waals surface area contributed by atoms with E-state index in [0.717, 1.165) is 16.0 Å². The molecule has 1 saturated heterocycles. The van der Waals surface area contributed by atoms with Crippen molar-refractivity contribution in [3.05, 3.63) is 69.3 Å². The summed E-state index contributed by atoms with van der Waals surface area (Å²) in [7, 11) is 0. The molecule has 0 aliphatic carbocycles. The van der Waals surface area contributed by atoms with Crippen LogP contribution in [0.3, 0.4) is 0 Å². The van der Waals surface area contributed by atoms with Crippen LogP contribution in [0.25, 0.3) is 0 Å². The van der Waals surface area contributed by atoms with E-state index >= 15 is 0 Å². The van der Waals surface area contributed by atoms with Crippen molar-refractivity contribution in [1.29, 1.82) is 5.26 Å². The lowest BCUT2D eigenvalue weighted by molar-refractivity contribution is -0.384. The highest BCUT2D eigenvalue weighted by Gasteiger charge is 2.49. The third kappa shape index (κ3) is 4.67. The number of benzene rings is 2. The van der Waals surface area contributed by atoms with Gasteiger partial charge in [-0.1, -0.05) is 6.07 Å². The number of urea groups is 1. The average molecular weight is 449 g/mol. The standard InChI is InChI=1S/C23H23N5O5/c1-15-11-16(2)13-19(12-15)26(10-4-9-24)20(29)14-27-21(30)23(3,25-22(27)31)17-5-7-18(8-6-17)28(32)33/h5-8,11-13H,4,10,14H2,1-3H3,(H,25,31). The van der Waals surface area contributed by atoms with E-state index in [1.807, 2.05) is 26.0 Å². The molecular weight excluding hydrogens is 426 g/mol. The second-order valence-electron chi connectivity index (χ2n) is 8.05. The lowest BCUT2D eigenvalue weighted by Crippen LogP contribution is -2.45. The smallest absolute Gasteiger partial charge is 0.319 e. The summed E-state index contributed by atoms with van der Waals surface area (Å²) in [5.74, 6) is -1.15. The number of nitrogens with zero attached hydrogens (tertiary/aromatic N) is 4. The van der Waals surface area contributed by atoms with E-state index in [1.165, 1.54) is 36.1 Å². The predicted octanol–water partition coefficient (Wildman–Crippen LogP) is 2.93. The van der Waals surface area contributed by atoms with Gasteiger partial charge in [0.2, 0.25) is 5.91 Å². The SMILES string of the molecule is Cc1cc(C)cc(N(CCC#N)C(=O)CN2C(=O)NC(C)(c3ccc([N+](=O)[O-])cc3)C2=O)c1. The first-order valence-corrected chi connectivity index (χ1v) is 10.2. The molecule has 1 aliphatic rings. The van der Waals surface area contributed by atoms with E-state index < -0.39 is 34.9 Å². The molecule has 0 spiro atoms. The van der Waals surface area contributed by atoms with Gasteiger partial charge in [-0.2, -0.15) is 5.26 Å². The Kier molecular flexibility index (Phi) is 6.44. The first-order chi connectivity index (χ1) is 15.6. The maximum Gasteiger partial charge on any atom is 0.325 e. The zero-order chi connectivity index (χ0) is 24.3. The molecule has 0 radical (unpaired) electrons. The van der Waals surface area contributed by atoms with Gasteiger partial charge in [-0.3, -0.25) is 24.6 Å². The summed E-state index contributed by atoms with van der Waals surface area (Å²) in [6, 6.07) is 12.1. The minimum absolute atomic E-state index is 0.0827. The molecule has 1 N–H and O–H groups in total. The number of nitro groups is 1. The number of imide groups is 1. The largest absolute Gasteiger partial charge is 0.325 e. The molecule has 1 heterocycles. The zero-order valence-corrected chi connectivity index (χ0v) is 18.5. The molecule has 1 aliphatic heterocycles. The monoisotopic (exact) mass is 449 g/mol. The minimum atomic E-state index is -1.47. The van der Waals surface area contributed by atoms with E-state index in [-0.39, 0.29) is 18.7 Å². The van der Waals surface area contributed by atoms with E-state index in [2.05, 4.69) is 5.32 Å². The fraction of sp³-hybridized carbons (Fsp3) is 0.304. The number of non-ortho nitro benzene ring substituents is 1. The predicted molar refractivity (Wildman–Crippen MR) is 119 cm³/mol. The summed E-state index contributed by atoms with van der Waals surface area (Å²) in [6.45, 7) is 4.86. The van der Waals surface area contributed by atoms with E-state index in [1.54, 1.807) is 12.1 Å². The molecule has 0 bridgehead atoms. The van der Waals surface area contributed by atoms with E-state index in [0.29, 0.717) is 11.3 Å². The number of nitriles is 1. The molecule has 0 aromatic heterocycles. The van der Waals surface area contributed by atoms with Crippen molar-refractivity contribution in [3.8, 4) is 6.07 Å². The number of amides is 4. The second kappa shape index (κ2) is 9.08. The first-order valence-electron chi connectivity index (χ1n) is 10.2. The number of nitro benzene ring substituents is 1. The Morgan fingerprint density at radius 2 is 1.79 bits per heavy atom. The fourth-order valence-corrected chi connectivity index (χ4v) is 3.84. The molecule has 1 unspecified atom stereocenters. The molecule has 33 heavy (non-hydrogen) atoms. The Bertz CT molecular complexity index is 1150. The summed E-state index contributed by atoms with van der Waals surface area (Å²) < 4.78 is 0. The van der Waals surface area contributed by atoms with Crippen molar-refractivity contribution in [2.24, 2.45) is 0 Å². The molecule has 4 amide bonds. The van der Waals surface area contributed by atoms with Gasteiger partial charge < -0.3 is 10.2 Å². The third-order valence-electron chi connectivity index (χ3n) is 5.49. The van der Waals surface area contributed by atoms with Gasteiger partial charge in [0, 0.05) is 24.4 Å². The van der Waals surface area contributed by atoms with Gasteiger partial charge in [0.15, 0.2) is 0 Å². The Morgan fingerprint density at radius 1 is 1.18 bits per heavy atom. The third-order valence-corrected chi connectivity index (χ3v) is 5.49. The summed E-state index contributed by atoms with van der Waals surface area (Å²) in [5.41, 5.74) is 1.19. The number of anilines is 1. The maximum absolute atomic E-state index is 13.2. The van der Waals surface area contributed by atoms with Gasteiger partial charge >= 0.3 is 6.03 Å². The van der Waals surface area contributed by atoms with Gasteiger partial charge in [0.1, 0.15) is 12.1 Å². The van der Waals surface area contributed by atoms with Crippen LogP contribution in [0, 0.1) is 35.3 Å². The first kappa shape index (κ1) is 23.4.